The fraction of sp³-hybridized carbons (Fsp3) is 0.581. The number of carbonyl (C=O) groups excluding carboxylic acids is 1. The molecule has 3 rings (SSSR count). The van der Waals surface area contributed by atoms with Crippen molar-refractivity contribution < 1.29 is 23.7 Å². The largest absolute Gasteiger partial charge is 0.494 e. The molecule has 1 atom stereocenters. The van der Waals surface area contributed by atoms with Crippen molar-refractivity contribution in [3.63, 3.8) is 0 Å². The van der Waals surface area contributed by atoms with Gasteiger partial charge in [-0.3, -0.25) is 0 Å². The smallest absolute Gasteiger partial charge is 0.343 e. The van der Waals surface area contributed by atoms with E-state index in [-0.39, 0.29) is 6.29 Å². The van der Waals surface area contributed by atoms with Gasteiger partial charge in [-0.05, 0) is 61.6 Å². The van der Waals surface area contributed by atoms with E-state index in [1.807, 2.05) is 24.3 Å². The zero-order valence-electron chi connectivity index (χ0n) is 22.4. The summed E-state index contributed by atoms with van der Waals surface area (Å²) in [5.41, 5.74) is 1.43. The standard InChI is InChI=1S/C31H44O5/c1-4-6-7-8-9-12-25-22-34-31(35-23-25)27-15-19-29(20-16-27)36-30(32)26-13-17-28(18-14-26)33-21-10-11-24(3)5-2/h13-20,24-25,31H,4-12,21-23H2,1-3H3. The topological polar surface area (TPSA) is 54.0 Å². The molecule has 2 aromatic rings. The van der Waals surface area contributed by atoms with Gasteiger partial charge in [0.15, 0.2) is 6.29 Å². The monoisotopic (exact) mass is 496 g/mol. The molecule has 36 heavy (non-hydrogen) atoms. The summed E-state index contributed by atoms with van der Waals surface area (Å²) >= 11 is 0. The highest BCUT2D eigenvalue weighted by Gasteiger charge is 2.23. The predicted octanol–water partition coefficient (Wildman–Crippen LogP) is 8.13. The van der Waals surface area contributed by atoms with E-state index in [1.165, 1.54) is 44.9 Å². The molecule has 1 heterocycles. The van der Waals surface area contributed by atoms with E-state index < -0.39 is 5.97 Å². The third-order valence-corrected chi connectivity index (χ3v) is 6.94. The molecule has 0 radical (unpaired) electrons. The molecule has 0 saturated carbocycles. The van der Waals surface area contributed by atoms with Crippen LogP contribution >= 0.6 is 0 Å². The summed E-state index contributed by atoms with van der Waals surface area (Å²) in [6.45, 7) is 8.86. The molecule has 1 aliphatic rings. The van der Waals surface area contributed by atoms with E-state index in [0.29, 0.717) is 23.8 Å². The van der Waals surface area contributed by atoms with Gasteiger partial charge in [0.05, 0.1) is 25.4 Å². The van der Waals surface area contributed by atoms with Crippen molar-refractivity contribution in [3.05, 3.63) is 59.7 Å². The zero-order valence-corrected chi connectivity index (χ0v) is 22.4. The normalized spacial score (nSPS) is 18.5. The summed E-state index contributed by atoms with van der Waals surface area (Å²) in [6.07, 6.45) is 10.7. The minimum atomic E-state index is -0.391. The number of esters is 1. The summed E-state index contributed by atoms with van der Waals surface area (Å²) in [6, 6.07) is 14.5. The molecule has 1 fully saturated rings. The van der Waals surface area contributed by atoms with Crippen molar-refractivity contribution in [2.75, 3.05) is 19.8 Å². The van der Waals surface area contributed by atoms with Gasteiger partial charge in [-0.15, -0.1) is 0 Å². The molecule has 0 aromatic heterocycles. The molecule has 0 amide bonds. The number of carbonyl (C=O) groups is 1. The molecule has 0 spiro atoms. The molecule has 1 unspecified atom stereocenters. The lowest BCUT2D eigenvalue weighted by Gasteiger charge is -2.29. The Hall–Kier alpha value is -2.37. The first-order valence-corrected chi connectivity index (χ1v) is 13.9. The third kappa shape index (κ3) is 9.59. The van der Waals surface area contributed by atoms with Gasteiger partial charge >= 0.3 is 5.97 Å². The number of benzene rings is 2. The molecule has 5 nitrogen and oxygen atoms in total. The summed E-state index contributed by atoms with van der Waals surface area (Å²) < 4.78 is 23.3. The van der Waals surface area contributed by atoms with Crippen LogP contribution in [0.15, 0.2) is 48.5 Å². The Kier molecular flexibility index (Phi) is 12.3. The fourth-order valence-electron chi connectivity index (χ4n) is 4.31. The highest BCUT2D eigenvalue weighted by molar-refractivity contribution is 5.91. The maximum absolute atomic E-state index is 12.5. The predicted molar refractivity (Wildman–Crippen MR) is 144 cm³/mol. The highest BCUT2D eigenvalue weighted by Crippen LogP contribution is 2.29. The molecule has 5 heteroatoms. The van der Waals surface area contributed by atoms with Gasteiger partial charge < -0.3 is 18.9 Å². The maximum atomic E-state index is 12.5. The van der Waals surface area contributed by atoms with E-state index in [9.17, 15) is 4.79 Å². The Labute approximate surface area is 217 Å². The molecule has 1 saturated heterocycles. The van der Waals surface area contributed by atoms with Gasteiger partial charge in [-0.1, -0.05) is 71.4 Å². The van der Waals surface area contributed by atoms with E-state index in [0.717, 1.165) is 43.3 Å². The van der Waals surface area contributed by atoms with Gasteiger partial charge in [0.1, 0.15) is 11.5 Å². The quantitative estimate of drug-likeness (QED) is 0.141. The van der Waals surface area contributed by atoms with Crippen molar-refractivity contribution in [1.29, 1.82) is 0 Å². The lowest BCUT2D eigenvalue weighted by Crippen LogP contribution is -2.27. The first-order valence-electron chi connectivity index (χ1n) is 13.9. The van der Waals surface area contributed by atoms with Gasteiger partial charge in [0.2, 0.25) is 0 Å². The van der Waals surface area contributed by atoms with Crippen molar-refractivity contribution in [2.24, 2.45) is 11.8 Å². The van der Waals surface area contributed by atoms with E-state index in [1.54, 1.807) is 24.3 Å². The Bertz CT molecular complexity index is 869. The van der Waals surface area contributed by atoms with Crippen LogP contribution in [0.5, 0.6) is 11.5 Å². The second kappa shape index (κ2) is 15.7. The minimum absolute atomic E-state index is 0.358. The molecule has 0 aliphatic carbocycles. The first-order chi connectivity index (χ1) is 17.6. The maximum Gasteiger partial charge on any atom is 0.343 e. The van der Waals surface area contributed by atoms with Gasteiger partial charge in [0.25, 0.3) is 0 Å². The number of hydrogen-bond acceptors (Lipinski definition) is 5. The van der Waals surface area contributed by atoms with Crippen LogP contribution in [0.1, 0.15) is 101 Å². The van der Waals surface area contributed by atoms with Gasteiger partial charge in [-0.25, -0.2) is 4.79 Å². The lowest BCUT2D eigenvalue weighted by molar-refractivity contribution is -0.206. The number of unbranched alkanes of at least 4 members (excludes halogenated alkanes) is 4. The van der Waals surface area contributed by atoms with Crippen LogP contribution in [0.3, 0.4) is 0 Å². The van der Waals surface area contributed by atoms with Crippen LogP contribution < -0.4 is 9.47 Å². The van der Waals surface area contributed by atoms with Gasteiger partial charge in [0, 0.05) is 11.5 Å². The molecular formula is C31H44O5. The lowest BCUT2D eigenvalue weighted by atomic mass is 10.0. The van der Waals surface area contributed by atoms with Crippen LogP contribution in [-0.2, 0) is 9.47 Å². The second-order valence-electron chi connectivity index (χ2n) is 10.1. The average molecular weight is 497 g/mol. The Morgan fingerprint density at radius 2 is 1.56 bits per heavy atom. The van der Waals surface area contributed by atoms with Crippen LogP contribution in [-0.4, -0.2) is 25.8 Å². The highest BCUT2D eigenvalue weighted by atomic mass is 16.7. The van der Waals surface area contributed by atoms with E-state index in [2.05, 4.69) is 20.8 Å². The Morgan fingerprint density at radius 1 is 0.889 bits per heavy atom. The van der Waals surface area contributed by atoms with Crippen LogP contribution in [0, 0.1) is 11.8 Å². The van der Waals surface area contributed by atoms with Crippen molar-refractivity contribution in [1.82, 2.24) is 0 Å². The number of hydrogen-bond donors (Lipinski definition) is 0. The molecule has 1 aliphatic heterocycles. The summed E-state index contributed by atoms with van der Waals surface area (Å²) in [7, 11) is 0. The second-order valence-corrected chi connectivity index (χ2v) is 10.1. The summed E-state index contributed by atoms with van der Waals surface area (Å²) in [5.74, 6) is 2.08. The molecule has 0 N–H and O–H groups in total. The SMILES string of the molecule is CCCCCCCC1COC(c2ccc(OC(=O)c3ccc(OCCCC(C)CC)cc3)cc2)OC1. The molecule has 198 valence electrons. The zero-order chi connectivity index (χ0) is 25.6. The molecule has 0 bridgehead atoms. The Morgan fingerprint density at radius 3 is 2.22 bits per heavy atom. The van der Waals surface area contributed by atoms with Crippen LogP contribution in [0.4, 0.5) is 0 Å². The summed E-state index contributed by atoms with van der Waals surface area (Å²) in [4.78, 5) is 12.5. The first kappa shape index (κ1) is 28.2. The van der Waals surface area contributed by atoms with Crippen LogP contribution in [0.2, 0.25) is 0 Å². The van der Waals surface area contributed by atoms with Crippen molar-refractivity contribution in [3.8, 4) is 11.5 Å². The molecule has 2 aromatic carbocycles. The fourth-order valence-corrected chi connectivity index (χ4v) is 4.31. The molecular weight excluding hydrogens is 452 g/mol. The van der Waals surface area contributed by atoms with E-state index in [4.69, 9.17) is 18.9 Å². The Balaban J connectivity index is 1.38. The van der Waals surface area contributed by atoms with Crippen molar-refractivity contribution >= 4 is 5.97 Å². The number of ether oxygens (including phenoxy) is 4. The van der Waals surface area contributed by atoms with E-state index >= 15 is 0 Å². The van der Waals surface area contributed by atoms with Crippen LogP contribution in [0.25, 0.3) is 0 Å². The summed E-state index contributed by atoms with van der Waals surface area (Å²) in [5, 5.41) is 0. The van der Waals surface area contributed by atoms with Gasteiger partial charge in [-0.2, -0.15) is 0 Å². The average Bonchev–Trinajstić information content (AvgIpc) is 2.92. The number of rotatable bonds is 15. The third-order valence-electron chi connectivity index (χ3n) is 6.94. The minimum Gasteiger partial charge on any atom is -0.494 e. The van der Waals surface area contributed by atoms with Crippen molar-refractivity contribution in [2.45, 2.75) is 84.8 Å².